The summed E-state index contributed by atoms with van der Waals surface area (Å²) in [6.45, 7) is 2.08. The van der Waals surface area contributed by atoms with E-state index in [4.69, 9.17) is 0 Å². The van der Waals surface area contributed by atoms with Crippen LogP contribution in [0.2, 0.25) is 0 Å². The van der Waals surface area contributed by atoms with Crippen LogP contribution < -0.4 is 5.32 Å². The van der Waals surface area contributed by atoms with Crippen molar-refractivity contribution >= 4 is 33.3 Å². The Morgan fingerprint density at radius 2 is 1.85 bits per heavy atom. The van der Waals surface area contributed by atoms with Gasteiger partial charge in [0.2, 0.25) is 5.91 Å². The monoisotopic (exact) mass is 360 g/mol. The molecule has 136 valence electrons. The Labute approximate surface area is 157 Å². The molecule has 0 fully saturated rings. The van der Waals surface area contributed by atoms with E-state index in [1.165, 1.54) is 12.1 Å². The fourth-order valence-electron chi connectivity index (χ4n) is 3.55. The van der Waals surface area contributed by atoms with Gasteiger partial charge in [0.15, 0.2) is 0 Å². The number of rotatable bonds is 5. The third kappa shape index (κ3) is 3.56. The lowest BCUT2D eigenvalue weighted by Crippen LogP contribution is -2.14. The number of nitrogens with one attached hydrogen (secondary N) is 1. The maximum absolute atomic E-state index is 13.4. The van der Waals surface area contributed by atoms with Crippen molar-refractivity contribution in [3.8, 4) is 0 Å². The van der Waals surface area contributed by atoms with Crippen LogP contribution in [0.15, 0.2) is 72.9 Å². The molecule has 0 radical (unpaired) electrons. The van der Waals surface area contributed by atoms with Crippen molar-refractivity contribution in [2.45, 2.75) is 25.8 Å². The van der Waals surface area contributed by atoms with Gasteiger partial charge in [0.05, 0.1) is 0 Å². The number of hydrogen-bond acceptors (Lipinski definition) is 1. The molecular weight excluding hydrogens is 339 g/mol. The Balaban J connectivity index is 1.44. The third-order valence-corrected chi connectivity index (χ3v) is 5.01. The molecule has 0 aliphatic rings. The number of hydrogen-bond donors (Lipinski definition) is 1. The van der Waals surface area contributed by atoms with Gasteiger partial charge in [0.25, 0.3) is 0 Å². The molecule has 0 aliphatic heterocycles. The molecule has 0 spiro atoms. The number of benzene rings is 3. The first-order valence-electron chi connectivity index (χ1n) is 9.15. The van der Waals surface area contributed by atoms with Crippen LogP contribution in [-0.4, -0.2) is 10.5 Å². The summed E-state index contributed by atoms with van der Waals surface area (Å²) in [4.78, 5) is 12.5. The van der Waals surface area contributed by atoms with Crippen LogP contribution in [0.4, 0.5) is 10.1 Å². The number of halogens is 1. The standard InChI is InChI=1S/C23H21FN2O/c1-16(26-14-13-18-15-19(24)10-11-22(18)26)9-12-23(27)25-21-8-4-6-17-5-2-3-7-20(17)21/h2-8,10-11,13-16H,9,12H2,1H3,(H,25,27). The van der Waals surface area contributed by atoms with Gasteiger partial charge in [0, 0.05) is 40.6 Å². The lowest BCUT2D eigenvalue weighted by Gasteiger charge is -2.15. The maximum Gasteiger partial charge on any atom is 0.224 e. The quantitative estimate of drug-likeness (QED) is 0.471. The van der Waals surface area contributed by atoms with Crippen LogP contribution in [0.25, 0.3) is 21.7 Å². The average Bonchev–Trinajstić information content (AvgIpc) is 3.09. The average molecular weight is 360 g/mol. The number of nitrogens with zero attached hydrogens (tertiary/aromatic N) is 1. The van der Waals surface area contributed by atoms with Gasteiger partial charge in [-0.05, 0) is 49.1 Å². The summed E-state index contributed by atoms with van der Waals surface area (Å²) in [7, 11) is 0. The Morgan fingerprint density at radius 1 is 1.04 bits per heavy atom. The number of carbonyl (C=O) groups excluding carboxylic acids is 1. The van der Waals surface area contributed by atoms with E-state index in [-0.39, 0.29) is 17.8 Å². The van der Waals surface area contributed by atoms with Crippen molar-refractivity contribution in [2.75, 3.05) is 5.32 Å². The van der Waals surface area contributed by atoms with E-state index in [0.717, 1.165) is 27.4 Å². The second kappa shape index (κ2) is 7.23. The largest absolute Gasteiger partial charge is 0.345 e. The highest BCUT2D eigenvalue weighted by Gasteiger charge is 2.12. The number of aromatic nitrogens is 1. The molecule has 4 aromatic rings. The van der Waals surface area contributed by atoms with Crippen LogP contribution in [0.1, 0.15) is 25.8 Å². The zero-order valence-corrected chi connectivity index (χ0v) is 15.2. The summed E-state index contributed by atoms with van der Waals surface area (Å²) < 4.78 is 15.5. The van der Waals surface area contributed by atoms with Gasteiger partial charge < -0.3 is 9.88 Å². The Bertz CT molecular complexity index is 1110. The lowest BCUT2D eigenvalue weighted by atomic mass is 10.1. The number of fused-ring (bicyclic) bond motifs is 2. The van der Waals surface area contributed by atoms with Gasteiger partial charge in [-0.3, -0.25) is 4.79 Å². The summed E-state index contributed by atoms with van der Waals surface area (Å²) in [5, 5.41) is 6.06. The molecular formula is C23H21FN2O. The highest BCUT2D eigenvalue weighted by atomic mass is 19.1. The van der Waals surface area contributed by atoms with E-state index in [0.29, 0.717) is 12.8 Å². The first kappa shape index (κ1) is 17.3. The minimum absolute atomic E-state index is 0.000657. The zero-order chi connectivity index (χ0) is 18.8. The number of carbonyl (C=O) groups is 1. The summed E-state index contributed by atoms with van der Waals surface area (Å²) in [6.07, 6.45) is 3.08. The highest BCUT2D eigenvalue weighted by Crippen LogP contribution is 2.25. The van der Waals surface area contributed by atoms with Gasteiger partial charge in [-0.2, -0.15) is 0 Å². The summed E-state index contributed by atoms with van der Waals surface area (Å²) in [6, 6.07) is 20.8. The molecule has 0 saturated heterocycles. The molecule has 1 unspecified atom stereocenters. The predicted molar refractivity (Wildman–Crippen MR) is 108 cm³/mol. The van der Waals surface area contributed by atoms with Crippen molar-refractivity contribution in [1.29, 1.82) is 0 Å². The Hall–Kier alpha value is -3.14. The van der Waals surface area contributed by atoms with Crippen LogP contribution in [0, 0.1) is 5.82 Å². The molecule has 3 nitrogen and oxygen atoms in total. The minimum Gasteiger partial charge on any atom is -0.345 e. The van der Waals surface area contributed by atoms with E-state index < -0.39 is 0 Å². The topological polar surface area (TPSA) is 34.0 Å². The molecule has 27 heavy (non-hydrogen) atoms. The second-order valence-electron chi connectivity index (χ2n) is 6.89. The molecule has 0 saturated carbocycles. The third-order valence-electron chi connectivity index (χ3n) is 5.01. The first-order chi connectivity index (χ1) is 13.1. The van der Waals surface area contributed by atoms with Crippen LogP contribution in [0.5, 0.6) is 0 Å². The van der Waals surface area contributed by atoms with Gasteiger partial charge in [-0.25, -0.2) is 4.39 Å². The van der Waals surface area contributed by atoms with Crippen LogP contribution in [-0.2, 0) is 4.79 Å². The van der Waals surface area contributed by atoms with E-state index in [1.807, 2.05) is 54.7 Å². The van der Waals surface area contributed by atoms with Crippen molar-refractivity contribution in [3.05, 3.63) is 78.7 Å². The van der Waals surface area contributed by atoms with Gasteiger partial charge >= 0.3 is 0 Å². The van der Waals surface area contributed by atoms with E-state index in [2.05, 4.69) is 16.8 Å². The minimum atomic E-state index is -0.234. The maximum atomic E-state index is 13.4. The lowest BCUT2D eigenvalue weighted by molar-refractivity contribution is -0.116. The fourth-order valence-corrected chi connectivity index (χ4v) is 3.55. The number of amides is 1. The molecule has 1 aromatic heterocycles. The smallest absolute Gasteiger partial charge is 0.224 e. The van der Waals surface area contributed by atoms with E-state index in [1.54, 1.807) is 6.07 Å². The molecule has 1 heterocycles. The van der Waals surface area contributed by atoms with Crippen LogP contribution >= 0.6 is 0 Å². The molecule has 1 N–H and O–H groups in total. The summed E-state index contributed by atoms with van der Waals surface area (Å²) in [5.74, 6) is -0.233. The number of anilines is 1. The van der Waals surface area contributed by atoms with Crippen molar-refractivity contribution in [1.82, 2.24) is 4.57 Å². The predicted octanol–water partition coefficient (Wildman–Crippen LogP) is 5.91. The summed E-state index contributed by atoms with van der Waals surface area (Å²) in [5.41, 5.74) is 1.83. The zero-order valence-electron chi connectivity index (χ0n) is 15.2. The van der Waals surface area contributed by atoms with Crippen molar-refractivity contribution in [2.24, 2.45) is 0 Å². The van der Waals surface area contributed by atoms with Crippen molar-refractivity contribution < 1.29 is 9.18 Å². The second-order valence-corrected chi connectivity index (χ2v) is 6.89. The van der Waals surface area contributed by atoms with Crippen LogP contribution in [0.3, 0.4) is 0 Å². The molecule has 0 aliphatic carbocycles. The SMILES string of the molecule is CC(CCC(=O)Nc1cccc2ccccc12)n1ccc2cc(F)ccc21. The fraction of sp³-hybridized carbons (Fsp3) is 0.174. The van der Waals surface area contributed by atoms with Crippen molar-refractivity contribution in [3.63, 3.8) is 0 Å². The van der Waals surface area contributed by atoms with Gasteiger partial charge in [-0.15, -0.1) is 0 Å². The Kier molecular flexibility index (Phi) is 4.63. The molecule has 4 rings (SSSR count). The molecule has 0 bridgehead atoms. The molecule has 4 heteroatoms. The molecule has 1 amide bonds. The van der Waals surface area contributed by atoms with E-state index in [9.17, 15) is 9.18 Å². The van der Waals surface area contributed by atoms with E-state index >= 15 is 0 Å². The first-order valence-corrected chi connectivity index (χ1v) is 9.15. The van der Waals surface area contributed by atoms with Gasteiger partial charge in [-0.1, -0.05) is 36.4 Å². The molecule has 3 aromatic carbocycles. The Morgan fingerprint density at radius 3 is 2.74 bits per heavy atom. The normalized spacial score (nSPS) is 12.4. The summed E-state index contributed by atoms with van der Waals surface area (Å²) >= 11 is 0. The van der Waals surface area contributed by atoms with Gasteiger partial charge in [0.1, 0.15) is 5.82 Å². The molecule has 1 atom stereocenters. The highest BCUT2D eigenvalue weighted by molar-refractivity contribution is 6.02.